The highest BCUT2D eigenvalue weighted by molar-refractivity contribution is 5.91. The van der Waals surface area contributed by atoms with Gasteiger partial charge in [-0.1, -0.05) is 25.8 Å². The average molecular weight is 540 g/mol. The highest BCUT2D eigenvalue weighted by Gasteiger charge is 2.35. The molecule has 0 radical (unpaired) electrons. The minimum absolute atomic E-state index is 0.0328. The highest BCUT2D eigenvalue weighted by atomic mass is 19.4. The summed E-state index contributed by atoms with van der Waals surface area (Å²) in [4.78, 5) is 37.6. The van der Waals surface area contributed by atoms with Crippen molar-refractivity contribution in [3.63, 3.8) is 0 Å². The molecule has 2 atom stereocenters. The molecule has 2 unspecified atom stereocenters. The number of halogens is 3. The molecule has 0 amide bonds. The van der Waals surface area contributed by atoms with Gasteiger partial charge in [0.25, 0.3) is 0 Å². The summed E-state index contributed by atoms with van der Waals surface area (Å²) in [6.45, 7) is 4.48. The van der Waals surface area contributed by atoms with E-state index in [-0.39, 0.29) is 17.6 Å². The lowest BCUT2D eigenvalue weighted by molar-refractivity contribution is -0.145. The van der Waals surface area contributed by atoms with Crippen LogP contribution in [0.15, 0.2) is 68.9 Å². The van der Waals surface area contributed by atoms with Gasteiger partial charge in [0.2, 0.25) is 0 Å². The van der Waals surface area contributed by atoms with Crippen LogP contribution in [-0.4, -0.2) is 39.4 Å². The van der Waals surface area contributed by atoms with Gasteiger partial charge in [0.15, 0.2) is 0 Å². The van der Waals surface area contributed by atoms with Gasteiger partial charge in [0.1, 0.15) is 17.6 Å². The molecule has 3 aliphatic rings. The molecule has 0 saturated carbocycles. The van der Waals surface area contributed by atoms with Gasteiger partial charge >= 0.3 is 17.8 Å². The number of nitrogens with zero attached hydrogens (tertiary/aromatic N) is 4. The second kappa shape index (κ2) is 10.6. The van der Waals surface area contributed by atoms with Crippen LogP contribution in [0.25, 0.3) is 17.1 Å². The number of allylic oxidation sites excluding steroid dienone is 3. The molecule has 0 spiro atoms. The van der Waals surface area contributed by atoms with Gasteiger partial charge in [-0.25, -0.2) is 14.6 Å². The number of nitrogens with one attached hydrogen (secondary N) is 1. The van der Waals surface area contributed by atoms with Crippen LogP contribution in [0.5, 0.6) is 0 Å². The number of fused-ring (bicyclic) bond motifs is 1. The van der Waals surface area contributed by atoms with E-state index in [1.54, 1.807) is 12.3 Å². The number of alkyl halides is 3. The fourth-order valence-electron chi connectivity index (χ4n) is 5.02. The van der Waals surface area contributed by atoms with Crippen LogP contribution in [0.1, 0.15) is 51.6 Å². The van der Waals surface area contributed by atoms with Crippen molar-refractivity contribution in [1.29, 1.82) is 0 Å². The van der Waals surface area contributed by atoms with E-state index >= 15 is 0 Å². The van der Waals surface area contributed by atoms with Crippen LogP contribution in [0.4, 0.5) is 13.2 Å². The molecule has 0 saturated heterocycles. The summed E-state index contributed by atoms with van der Waals surface area (Å²) >= 11 is 0. The zero-order valence-corrected chi connectivity index (χ0v) is 21.6. The van der Waals surface area contributed by atoms with Crippen molar-refractivity contribution >= 4 is 18.0 Å². The quantitative estimate of drug-likeness (QED) is 0.415. The van der Waals surface area contributed by atoms with Gasteiger partial charge in [0.05, 0.1) is 12.3 Å². The summed E-state index contributed by atoms with van der Waals surface area (Å²) < 4.78 is 45.2. The summed E-state index contributed by atoms with van der Waals surface area (Å²) in [6, 6.07) is 3.21. The molecule has 5 rings (SSSR count). The molecular weight excluding hydrogens is 511 g/mol. The highest BCUT2D eigenvalue weighted by Crippen LogP contribution is 2.40. The number of unbranched alkanes of at least 4 members (excludes halogenated alkanes) is 1. The number of hydrogen-bond acceptors (Lipinski definition) is 7. The molecule has 0 fully saturated rings. The van der Waals surface area contributed by atoms with Crippen LogP contribution in [-0.2, 0) is 15.7 Å². The molecule has 2 aliphatic heterocycles. The van der Waals surface area contributed by atoms with E-state index in [1.807, 2.05) is 19.9 Å². The first kappa shape index (κ1) is 26.6. The van der Waals surface area contributed by atoms with Crippen LogP contribution >= 0.6 is 0 Å². The van der Waals surface area contributed by atoms with Crippen molar-refractivity contribution in [2.45, 2.75) is 58.2 Å². The average Bonchev–Trinajstić information content (AvgIpc) is 3.28. The van der Waals surface area contributed by atoms with Crippen molar-refractivity contribution in [2.24, 2.45) is 10.9 Å². The third-order valence-corrected chi connectivity index (χ3v) is 7.14. The van der Waals surface area contributed by atoms with E-state index in [1.165, 1.54) is 22.4 Å². The Balaban J connectivity index is 1.35. The van der Waals surface area contributed by atoms with E-state index in [9.17, 15) is 22.8 Å². The third-order valence-electron chi connectivity index (χ3n) is 7.14. The number of pyridine rings is 1. The Bertz CT molecular complexity index is 1470. The lowest BCUT2D eigenvalue weighted by atomic mass is 9.84. The van der Waals surface area contributed by atoms with E-state index in [0.717, 1.165) is 54.8 Å². The van der Waals surface area contributed by atoms with Gasteiger partial charge in [0, 0.05) is 41.9 Å². The summed E-state index contributed by atoms with van der Waals surface area (Å²) in [5.41, 5.74) is 3.04. The van der Waals surface area contributed by atoms with Gasteiger partial charge in [-0.05, 0) is 55.0 Å². The summed E-state index contributed by atoms with van der Waals surface area (Å²) in [7, 11) is 0. The number of rotatable bonds is 6. The molecule has 8 nitrogen and oxygen atoms in total. The maximum Gasteiger partial charge on any atom is 0.433 e. The number of carbonyl (C=O) groups excluding carboxylic acids is 1. The number of ether oxygens (including phenoxy) is 1. The van der Waals surface area contributed by atoms with Crippen molar-refractivity contribution in [1.82, 2.24) is 19.9 Å². The third kappa shape index (κ3) is 5.43. The monoisotopic (exact) mass is 539 g/mol. The lowest BCUT2D eigenvalue weighted by Gasteiger charge is -2.22. The Labute approximate surface area is 223 Å². The molecule has 2 aromatic rings. The number of esters is 1. The number of aromatic nitrogens is 3. The normalized spacial score (nSPS) is 20.7. The SMILES string of the molecule is CCCCOC(=O)C1CC2=C(N1)C1=C(CC2)C(C)C=C(n2ccc(-c3ccc(C(F)(F)F)nc3)nc2=O)N=C1. The van der Waals surface area contributed by atoms with E-state index < -0.39 is 23.6 Å². The molecule has 0 aromatic carbocycles. The predicted molar refractivity (Wildman–Crippen MR) is 139 cm³/mol. The molecule has 1 N–H and O–H groups in total. The number of carbonyl (C=O) groups is 1. The number of aliphatic imine (C=N–C) groups is 1. The van der Waals surface area contributed by atoms with Crippen LogP contribution in [0, 0.1) is 5.92 Å². The number of hydrogen-bond donors (Lipinski definition) is 1. The molecule has 1 aliphatic carbocycles. The van der Waals surface area contributed by atoms with Crippen molar-refractivity contribution in [3.05, 3.63) is 75.3 Å². The Morgan fingerprint density at radius 2 is 2.05 bits per heavy atom. The van der Waals surface area contributed by atoms with Crippen LogP contribution in [0.2, 0.25) is 0 Å². The van der Waals surface area contributed by atoms with Gasteiger partial charge in [-0.3, -0.25) is 9.55 Å². The maximum absolute atomic E-state index is 12.9. The smallest absolute Gasteiger partial charge is 0.433 e. The summed E-state index contributed by atoms with van der Waals surface area (Å²) in [6.07, 6.45) is 5.64. The minimum atomic E-state index is -4.55. The fourth-order valence-corrected chi connectivity index (χ4v) is 5.02. The van der Waals surface area contributed by atoms with Crippen molar-refractivity contribution < 1.29 is 22.7 Å². The van der Waals surface area contributed by atoms with E-state index in [0.29, 0.717) is 24.4 Å². The first-order valence-electron chi connectivity index (χ1n) is 12.9. The van der Waals surface area contributed by atoms with Crippen molar-refractivity contribution in [2.75, 3.05) is 6.61 Å². The van der Waals surface area contributed by atoms with Gasteiger partial charge in [-0.15, -0.1) is 0 Å². The van der Waals surface area contributed by atoms with E-state index in [2.05, 4.69) is 20.3 Å². The molecule has 11 heteroatoms. The Morgan fingerprint density at radius 3 is 2.74 bits per heavy atom. The Kier molecular flexibility index (Phi) is 7.24. The molecule has 4 heterocycles. The van der Waals surface area contributed by atoms with Gasteiger partial charge in [-0.2, -0.15) is 18.2 Å². The van der Waals surface area contributed by atoms with Gasteiger partial charge < -0.3 is 10.1 Å². The molecule has 39 heavy (non-hydrogen) atoms. The fraction of sp³-hybridized carbons (Fsp3) is 0.393. The van der Waals surface area contributed by atoms with Crippen LogP contribution in [0.3, 0.4) is 0 Å². The van der Waals surface area contributed by atoms with Crippen molar-refractivity contribution in [3.8, 4) is 11.3 Å². The first-order chi connectivity index (χ1) is 18.7. The topological polar surface area (TPSA) is 98.5 Å². The molecular formula is C28H28F3N5O3. The zero-order chi connectivity index (χ0) is 27.7. The van der Waals surface area contributed by atoms with Crippen LogP contribution < -0.4 is 11.0 Å². The zero-order valence-electron chi connectivity index (χ0n) is 21.6. The van der Waals surface area contributed by atoms with E-state index in [4.69, 9.17) is 4.74 Å². The molecule has 0 bridgehead atoms. The summed E-state index contributed by atoms with van der Waals surface area (Å²) in [5, 5.41) is 3.35. The second-order valence-corrected chi connectivity index (χ2v) is 9.81. The maximum atomic E-state index is 12.9. The molecule has 2 aromatic heterocycles. The lowest BCUT2D eigenvalue weighted by Crippen LogP contribution is -2.34. The second-order valence-electron chi connectivity index (χ2n) is 9.81. The molecule has 204 valence electrons. The Morgan fingerprint density at radius 1 is 1.23 bits per heavy atom. The standard InChI is InChI=1S/C28H28F3N5O3/c1-3-4-11-39-26(37)22-13-17-5-7-19-16(2)12-24(33-15-20(19)25(17)34-22)36-10-9-21(35-27(36)38)18-6-8-23(32-14-18)28(29,30)31/h6,8-10,12,14-16,22,34H,3-5,7,11,13H2,1-2H3. The predicted octanol–water partition coefficient (Wildman–Crippen LogP) is 4.89. The minimum Gasteiger partial charge on any atom is -0.464 e. The Hall–Kier alpha value is -4.02. The summed E-state index contributed by atoms with van der Waals surface area (Å²) in [5.74, 6) is 0.107. The first-order valence-corrected chi connectivity index (χ1v) is 12.9. The largest absolute Gasteiger partial charge is 0.464 e.